The van der Waals surface area contributed by atoms with Crippen LogP contribution < -0.4 is 24.3 Å². The lowest BCUT2D eigenvalue weighted by Crippen LogP contribution is -2.21. The largest absolute Gasteiger partial charge is 0.493 e. The van der Waals surface area contributed by atoms with Crippen molar-refractivity contribution in [1.29, 1.82) is 0 Å². The molecule has 1 aliphatic heterocycles. The molecule has 30 heavy (non-hydrogen) atoms. The Morgan fingerprint density at radius 3 is 2.63 bits per heavy atom. The van der Waals surface area contributed by atoms with Gasteiger partial charge in [0, 0.05) is 12.1 Å². The topological polar surface area (TPSA) is 49.0 Å². The molecule has 154 valence electrons. The van der Waals surface area contributed by atoms with E-state index in [0.717, 1.165) is 28.2 Å². The molecule has 0 amide bonds. The van der Waals surface area contributed by atoms with Crippen molar-refractivity contribution in [1.82, 2.24) is 5.32 Å². The number of fused-ring (bicyclic) bond motifs is 1. The standard InChI is InChI=1S/C23H20ClNO4S/c1-26-21-11-17(10-18(24)22(21)27-13-15-5-3-2-4-6-15)23(30)25-12-16-7-8-19-20(9-16)29-14-28-19/h2-11H,12-14H2,1H3,(H,25,30). The predicted octanol–water partition coefficient (Wildman–Crippen LogP) is 5.12. The van der Waals surface area contributed by atoms with Crippen LogP contribution >= 0.6 is 23.8 Å². The molecule has 1 aliphatic rings. The Morgan fingerprint density at radius 2 is 1.83 bits per heavy atom. The lowest BCUT2D eigenvalue weighted by Gasteiger charge is -2.15. The van der Waals surface area contributed by atoms with Crippen LogP contribution in [-0.2, 0) is 13.2 Å². The molecule has 0 bridgehead atoms. The Balaban J connectivity index is 1.44. The van der Waals surface area contributed by atoms with Crippen molar-refractivity contribution >= 4 is 28.8 Å². The minimum Gasteiger partial charge on any atom is -0.493 e. The first-order valence-corrected chi connectivity index (χ1v) is 10.1. The molecule has 0 atom stereocenters. The average Bonchev–Trinajstić information content (AvgIpc) is 3.24. The summed E-state index contributed by atoms with van der Waals surface area (Å²) in [5.74, 6) is 2.51. The van der Waals surface area contributed by atoms with Crippen LogP contribution in [0.1, 0.15) is 16.7 Å². The number of hydrogen-bond acceptors (Lipinski definition) is 5. The molecule has 1 heterocycles. The van der Waals surface area contributed by atoms with Crippen LogP contribution in [0.15, 0.2) is 60.7 Å². The number of ether oxygens (including phenoxy) is 4. The van der Waals surface area contributed by atoms with Crippen LogP contribution in [0.2, 0.25) is 5.02 Å². The summed E-state index contributed by atoms with van der Waals surface area (Å²) < 4.78 is 22.1. The third-order valence-corrected chi connectivity index (χ3v) is 5.27. The van der Waals surface area contributed by atoms with Gasteiger partial charge in [0.25, 0.3) is 0 Å². The van der Waals surface area contributed by atoms with Crippen molar-refractivity contribution in [3.8, 4) is 23.0 Å². The third kappa shape index (κ3) is 4.61. The normalized spacial score (nSPS) is 11.8. The van der Waals surface area contributed by atoms with E-state index in [9.17, 15) is 0 Å². The number of nitrogens with one attached hydrogen (secondary N) is 1. The Bertz CT molecular complexity index is 1060. The van der Waals surface area contributed by atoms with Crippen LogP contribution in [0.25, 0.3) is 0 Å². The van der Waals surface area contributed by atoms with Crippen molar-refractivity contribution in [2.45, 2.75) is 13.2 Å². The van der Waals surface area contributed by atoms with Gasteiger partial charge >= 0.3 is 0 Å². The lowest BCUT2D eigenvalue weighted by atomic mass is 10.1. The van der Waals surface area contributed by atoms with Gasteiger partial charge in [0.15, 0.2) is 23.0 Å². The van der Waals surface area contributed by atoms with Crippen molar-refractivity contribution in [3.05, 3.63) is 82.4 Å². The maximum Gasteiger partial charge on any atom is 0.231 e. The van der Waals surface area contributed by atoms with Gasteiger partial charge in [0.1, 0.15) is 11.6 Å². The van der Waals surface area contributed by atoms with Crippen molar-refractivity contribution in [3.63, 3.8) is 0 Å². The smallest absolute Gasteiger partial charge is 0.231 e. The fraction of sp³-hybridized carbons (Fsp3) is 0.174. The Morgan fingerprint density at radius 1 is 1.03 bits per heavy atom. The predicted molar refractivity (Wildman–Crippen MR) is 120 cm³/mol. The molecule has 0 aromatic heterocycles. The number of benzene rings is 3. The third-order valence-electron chi connectivity index (χ3n) is 4.61. The first-order chi connectivity index (χ1) is 14.6. The van der Waals surface area contributed by atoms with E-state index in [0.29, 0.717) is 34.7 Å². The first kappa shape index (κ1) is 20.3. The molecule has 0 saturated carbocycles. The molecule has 3 aromatic carbocycles. The second kappa shape index (κ2) is 9.24. The number of halogens is 1. The summed E-state index contributed by atoms with van der Waals surface area (Å²) in [6, 6.07) is 19.3. The van der Waals surface area contributed by atoms with E-state index in [4.69, 9.17) is 42.8 Å². The van der Waals surface area contributed by atoms with E-state index in [-0.39, 0.29) is 6.79 Å². The molecular formula is C23H20ClNO4S. The van der Waals surface area contributed by atoms with Crippen LogP contribution in [0, 0.1) is 0 Å². The monoisotopic (exact) mass is 441 g/mol. The van der Waals surface area contributed by atoms with Gasteiger partial charge in [-0.25, -0.2) is 0 Å². The first-order valence-electron chi connectivity index (χ1n) is 9.35. The SMILES string of the molecule is COc1cc(C(=S)NCc2ccc3c(c2)OCO3)cc(Cl)c1OCc1ccccc1. The van der Waals surface area contributed by atoms with Crippen molar-refractivity contribution < 1.29 is 18.9 Å². The van der Waals surface area contributed by atoms with Gasteiger partial charge in [-0.05, 0) is 35.4 Å². The quantitative estimate of drug-likeness (QED) is 0.513. The average molecular weight is 442 g/mol. The van der Waals surface area contributed by atoms with E-state index in [1.54, 1.807) is 13.2 Å². The highest BCUT2D eigenvalue weighted by molar-refractivity contribution is 7.80. The number of methoxy groups -OCH3 is 1. The van der Waals surface area contributed by atoms with Crippen LogP contribution in [0.4, 0.5) is 0 Å². The summed E-state index contributed by atoms with van der Waals surface area (Å²) in [7, 11) is 1.58. The second-order valence-electron chi connectivity index (χ2n) is 6.63. The van der Waals surface area contributed by atoms with Gasteiger partial charge in [-0.2, -0.15) is 0 Å². The number of hydrogen-bond donors (Lipinski definition) is 1. The highest BCUT2D eigenvalue weighted by atomic mass is 35.5. The lowest BCUT2D eigenvalue weighted by molar-refractivity contribution is 0.174. The molecule has 0 spiro atoms. The molecule has 0 unspecified atom stereocenters. The molecule has 7 heteroatoms. The maximum atomic E-state index is 6.48. The maximum absolute atomic E-state index is 6.48. The Hall–Kier alpha value is -2.96. The molecule has 0 radical (unpaired) electrons. The van der Waals surface area contributed by atoms with E-state index in [2.05, 4.69) is 5.32 Å². The summed E-state index contributed by atoms with van der Waals surface area (Å²) in [4.78, 5) is 0.558. The van der Waals surface area contributed by atoms with E-state index in [1.165, 1.54) is 0 Å². The highest BCUT2D eigenvalue weighted by Gasteiger charge is 2.16. The number of rotatable bonds is 7. The molecule has 4 rings (SSSR count). The van der Waals surface area contributed by atoms with Crippen molar-refractivity contribution in [2.24, 2.45) is 0 Å². The summed E-state index contributed by atoms with van der Waals surface area (Å²) in [5.41, 5.74) is 2.82. The zero-order valence-electron chi connectivity index (χ0n) is 16.3. The number of thiocarbonyl (C=S) groups is 1. The summed E-state index contributed by atoms with van der Waals surface area (Å²) in [5, 5.41) is 3.68. The van der Waals surface area contributed by atoms with E-state index >= 15 is 0 Å². The fourth-order valence-corrected chi connectivity index (χ4v) is 3.51. The molecule has 0 aliphatic carbocycles. The molecule has 0 saturated heterocycles. The van der Waals surface area contributed by atoms with Gasteiger partial charge in [0.05, 0.1) is 12.1 Å². The summed E-state index contributed by atoms with van der Waals surface area (Å²) >= 11 is 12.0. The Labute approximate surface area is 185 Å². The Kier molecular flexibility index (Phi) is 6.26. The van der Waals surface area contributed by atoms with Crippen molar-refractivity contribution in [2.75, 3.05) is 13.9 Å². The molecule has 3 aromatic rings. The zero-order valence-corrected chi connectivity index (χ0v) is 17.9. The summed E-state index contributed by atoms with van der Waals surface area (Å²) in [6.07, 6.45) is 0. The molecular weight excluding hydrogens is 422 g/mol. The van der Waals surface area contributed by atoms with Gasteiger partial charge in [0.2, 0.25) is 6.79 Å². The van der Waals surface area contributed by atoms with Gasteiger partial charge < -0.3 is 24.3 Å². The highest BCUT2D eigenvalue weighted by Crippen LogP contribution is 2.37. The molecule has 1 N–H and O–H groups in total. The van der Waals surface area contributed by atoms with Gasteiger partial charge in [-0.15, -0.1) is 0 Å². The summed E-state index contributed by atoms with van der Waals surface area (Å²) in [6.45, 7) is 1.19. The second-order valence-corrected chi connectivity index (χ2v) is 7.45. The minimum absolute atomic E-state index is 0.252. The van der Waals surface area contributed by atoms with Crippen LogP contribution in [-0.4, -0.2) is 18.9 Å². The van der Waals surface area contributed by atoms with Crippen LogP contribution in [0.3, 0.4) is 0 Å². The van der Waals surface area contributed by atoms with Crippen LogP contribution in [0.5, 0.6) is 23.0 Å². The fourth-order valence-electron chi connectivity index (χ4n) is 3.06. The zero-order chi connectivity index (χ0) is 20.9. The minimum atomic E-state index is 0.252. The molecule has 5 nitrogen and oxygen atoms in total. The van der Waals surface area contributed by atoms with Gasteiger partial charge in [-0.3, -0.25) is 0 Å². The molecule has 0 fully saturated rings. The van der Waals surface area contributed by atoms with E-state index < -0.39 is 0 Å². The van der Waals surface area contributed by atoms with E-state index in [1.807, 2.05) is 54.6 Å². The van der Waals surface area contributed by atoms with Gasteiger partial charge in [-0.1, -0.05) is 60.2 Å².